The highest BCUT2D eigenvalue weighted by atomic mass is 35.5. The first-order valence-corrected chi connectivity index (χ1v) is 9.86. The van der Waals surface area contributed by atoms with Crippen molar-refractivity contribution in [3.8, 4) is 0 Å². The molecule has 5 nitrogen and oxygen atoms in total. The van der Waals surface area contributed by atoms with E-state index in [4.69, 9.17) is 0 Å². The van der Waals surface area contributed by atoms with E-state index in [9.17, 15) is 9.59 Å². The Morgan fingerprint density at radius 3 is 2.59 bits per heavy atom. The summed E-state index contributed by atoms with van der Waals surface area (Å²) in [5, 5.41) is 9.32. The summed E-state index contributed by atoms with van der Waals surface area (Å²) < 4.78 is 0. The minimum absolute atomic E-state index is 0. The van der Waals surface area contributed by atoms with Crippen molar-refractivity contribution in [1.29, 1.82) is 0 Å². The summed E-state index contributed by atoms with van der Waals surface area (Å²) in [6.07, 6.45) is 3.71. The number of anilines is 1. The zero-order valence-corrected chi connectivity index (χ0v) is 17.5. The Morgan fingerprint density at radius 2 is 1.93 bits per heavy atom. The van der Waals surface area contributed by atoms with E-state index in [1.165, 1.54) is 0 Å². The average Bonchev–Trinajstić information content (AvgIpc) is 2.66. The van der Waals surface area contributed by atoms with Crippen LogP contribution in [0, 0.1) is 17.8 Å². The van der Waals surface area contributed by atoms with E-state index in [1.807, 2.05) is 38.1 Å². The van der Waals surface area contributed by atoms with Crippen LogP contribution in [0.15, 0.2) is 24.3 Å². The maximum atomic E-state index is 12.3. The fraction of sp³-hybridized carbons (Fsp3) is 0.619. The van der Waals surface area contributed by atoms with Crippen LogP contribution in [-0.4, -0.2) is 24.9 Å². The van der Waals surface area contributed by atoms with Gasteiger partial charge in [-0.2, -0.15) is 0 Å². The molecule has 0 bridgehead atoms. The lowest BCUT2D eigenvalue weighted by Crippen LogP contribution is -2.33. The number of nitrogens with one attached hydrogen (secondary N) is 3. The summed E-state index contributed by atoms with van der Waals surface area (Å²) in [6, 6.07) is 7.68. The lowest BCUT2D eigenvalue weighted by Gasteiger charge is -2.27. The quantitative estimate of drug-likeness (QED) is 0.628. The number of halogens is 1. The van der Waals surface area contributed by atoms with Crippen LogP contribution in [0.1, 0.15) is 52.0 Å². The van der Waals surface area contributed by atoms with Crippen molar-refractivity contribution in [3.63, 3.8) is 0 Å². The van der Waals surface area contributed by atoms with Crippen molar-refractivity contribution < 1.29 is 9.59 Å². The van der Waals surface area contributed by atoms with E-state index in [-0.39, 0.29) is 30.1 Å². The lowest BCUT2D eigenvalue weighted by atomic mass is 9.84. The van der Waals surface area contributed by atoms with Crippen LogP contribution >= 0.6 is 12.4 Å². The summed E-state index contributed by atoms with van der Waals surface area (Å²) in [5.74, 6) is 1.18. The van der Waals surface area contributed by atoms with Gasteiger partial charge in [0.1, 0.15) is 0 Å². The molecular weight excluding hydrogens is 362 g/mol. The highest BCUT2D eigenvalue weighted by Crippen LogP contribution is 2.24. The fourth-order valence-corrected chi connectivity index (χ4v) is 3.36. The van der Waals surface area contributed by atoms with Gasteiger partial charge in [0.15, 0.2) is 0 Å². The molecule has 1 aromatic rings. The van der Waals surface area contributed by atoms with Gasteiger partial charge in [-0.3, -0.25) is 9.59 Å². The van der Waals surface area contributed by atoms with Crippen LogP contribution in [0.3, 0.4) is 0 Å². The van der Waals surface area contributed by atoms with Gasteiger partial charge >= 0.3 is 0 Å². The summed E-state index contributed by atoms with van der Waals surface area (Å²) >= 11 is 0. The normalized spacial score (nSPS) is 16.7. The van der Waals surface area contributed by atoms with Crippen molar-refractivity contribution in [2.45, 2.75) is 53.0 Å². The molecule has 0 aromatic heterocycles. The highest BCUT2D eigenvalue weighted by molar-refractivity contribution is 5.92. The number of amides is 2. The fourth-order valence-electron chi connectivity index (χ4n) is 3.36. The van der Waals surface area contributed by atoms with Crippen LogP contribution in [0.25, 0.3) is 0 Å². The molecule has 1 heterocycles. The molecule has 0 spiro atoms. The minimum Gasteiger partial charge on any atom is -0.352 e. The molecule has 1 aromatic carbocycles. The van der Waals surface area contributed by atoms with Gasteiger partial charge in [0.25, 0.3) is 0 Å². The van der Waals surface area contributed by atoms with Crippen LogP contribution in [0.4, 0.5) is 5.69 Å². The third-order valence-electron chi connectivity index (χ3n) is 5.44. The number of rotatable bonds is 8. The first-order chi connectivity index (χ1) is 12.5. The monoisotopic (exact) mass is 395 g/mol. The van der Waals surface area contributed by atoms with Gasteiger partial charge in [-0.1, -0.05) is 32.9 Å². The van der Waals surface area contributed by atoms with Crippen molar-refractivity contribution in [2.75, 3.05) is 18.4 Å². The Hall–Kier alpha value is -1.59. The molecular formula is C21H34ClN3O2. The highest BCUT2D eigenvalue weighted by Gasteiger charge is 2.21. The zero-order valence-electron chi connectivity index (χ0n) is 16.7. The molecule has 1 saturated heterocycles. The molecule has 0 aliphatic carbocycles. The molecule has 1 aliphatic rings. The lowest BCUT2D eigenvalue weighted by molar-refractivity contribution is -0.122. The van der Waals surface area contributed by atoms with E-state index >= 15 is 0 Å². The van der Waals surface area contributed by atoms with Crippen molar-refractivity contribution in [3.05, 3.63) is 29.8 Å². The van der Waals surface area contributed by atoms with Gasteiger partial charge in [0.2, 0.25) is 11.8 Å². The molecule has 2 atom stereocenters. The van der Waals surface area contributed by atoms with E-state index in [1.54, 1.807) is 0 Å². The number of hydrogen-bond donors (Lipinski definition) is 3. The van der Waals surface area contributed by atoms with Crippen LogP contribution in [0.5, 0.6) is 0 Å². The summed E-state index contributed by atoms with van der Waals surface area (Å²) in [4.78, 5) is 24.3. The molecule has 152 valence electrons. The van der Waals surface area contributed by atoms with Crippen molar-refractivity contribution in [2.24, 2.45) is 17.8 Å². The molecule has 2 amide bonds. The Morgan fingerprint density at radius 1 is 1.22 bits per heavy atom. The van der Waals surface area contributed by atoms with E-state index < -0.39 is 0 Å². The first-order valence-electron chi connectivity index (χ1n) is 9.86. The molecule has 2 rings (SSSR count). The molecule has 0 saturated carbocycles. The topological polar surface area (TPSA) is 70.2 Å². The molecule has 27 heavy (non-hydrogen) atoms. The third-order valence-corrected chi connectivity index (χ3v) is 5.44. The van der Waals surface area contributed by atoms with Crippen molar-refractivity contribution in [1.82, 2.24) is 10.6 Å². The number of hydrogen-bond acceptors (Lipinski definition) is 3. The van der Waals surface area contributed by atoms with Gasteiger partial charge in [-0.15, -0.1) is 12.4 Å². The predicted octanol–water partition coefficient (Wildman–Crippen LogP) is 3.74. The van der Waals surface area contributed by atoms with Gasteiger partial charge in [0.05, 0.1) is 0 Å². The standard InChI is InChI=1S/C21H33N3O2.ClH/c1-4-15(2)21(26)24-19-7-5-6-17(13-19)14-23-20(25)12-16(3)18-8-10-22-11-9-18;/h5-7,13,15-16,18,22H,4,8-12,14H2,1-3H3,(H,23,25)(H,24,26);1H. The van der Waals surface area contributed by atoms with E-state index in [0.29, 0.717) is 24.8 Å². The summed E-state index contributed by atoms with van der Waals surface area (Å²) in [5.41, 5.74) is 1.78. The smallest absolute Gasteiger partial charge is 0.227 e. The molecule has 6 heteroatoms. The minimum atomic E-state index is -0.00478. The second kappa shape index (κ2) is 12.0. The third kappa shape index (κ3) is 7.89. The second-order valence-electron chi connectivity index (χ2n) is 7.54. The SMILES string of the molecule is CCC(C)C(=O)Nc1cccc(CNC(=O)CC(C)C2CCNCC2)c1.Cl. The summed E-state index contributed by atoms with van der Waals surface area (Å²) in [6.45, 7) is 8.72. The van der Waals surface area contributed by atoms with Crippen LogP contribution in [-0.2, 0) is 16.1 Å². The van der Waals surface area contributed by atoms with E-state index in [0.717, 1.165) is 43.6 Å². The number of carbonyl (C=O) groups excluding carboxylic acids is 2. The number of piperidine rings is 1. The maximum Gasteiger partial charge on any atom is 0.227 e. The first kappa shape index (κ1) is 23.4. The van der Waals surface area contributed by atoms with Crippen LogP contribution < -0.4 is 16.0 Å². The van der Waals surface area contributed by atoms with Crippen molar-refractivity contribution >= 4 is 29.9 Å². The molecule has 0 radical (unpaired) electrons. The number of carbonyl (C=O) groups is 2. The Labute approximate surface area is 169 Å². The average molecular weight is 396 g/mol. The Bertz CT molecular complexity index is 603. The number of benzene rings is 1. The maximum absolute atomic E-state index is 12.3. The largest absolute Gasteiger partial charge is 0.352 e. The zero-order chi connectivity index (χ0) is 18.9. The van der Waals surface area contributed by atoms with Crippen LogP contribution in [0.2, 0.25) is 0 Å². The Kier molecular flexibility index (Phi) is 10.4. The molecule has 1 fully saturated rings. The van der Waals surface area contributed by atoms with Gasteiger partial charge in [0, 0.05) is 24.6 Å². The van der Waals surface area contributed by atoms with Gasteiger partial charge in [-0.25, -0.2) is 0 Å². The molecule has 1 aliphatic heterocycles. The van der Waals surface area contributed by atoms with Gasteiger partial charge < -0.3 is 16.0 Å². The van der Waals surface area contributed by atoms with E-state index in [2.05, 4.69) is 22.9 Å². The predicted molar refractivity (Wildman–Crippen MR) is 113 cm³/mol. The van der Waals surface area contributed by atoms with Gasteiger partial charge in [-0.05, 0) is 61.9 Å². The molecule has 2 unspecified atom stereocenters. The molecule has 3 N–H and O–H groups in total. The Balaban J connectivity index is 0.00000364. The summed E-state index contributed by atoms with van der Waals surface area (Å²) in [7, 11) is 0. The second-order valence-corrected chi connectivity index (χ2v) is 7.54.